The normalized spacial score (nSPS) is 16.3. The highest BCUT2D eigenvalue weighted by Gasteiger charge is 2.26. The number of piperidine rings is 1. The maximum atomic E-state index is 13.8. The van der Waals surface area contributed by atoms with Crippen LogP contribution in [0.3, 0.4) is 0 Å². The van der Waals surface area contributed by atoms with Crippen LogP contribution >= 0.6 is 0 Å². The van der Waals surface area contributed by atoms with E-state index >= 15 is 0 Å². The van der Waals surface area contributed by atoms with Gasteiger partial charge in [0.2, 0.25) is 0 Å². The van der Waals surface area contributed by atoms with Crippen molar-refractivity contribution >= 4 is 22.8 Å². The zero-order chi connectivity index (χ0) is 24.9. The highest BCUT2D eigenvalue weighted by atomic mass is 19.1. The van der Waals surface area contributed by atoms with E-state index in [-0.39, 0.29) is 36.2 Å². The first kappa shape index (κ1) is 24.8. The van der Waals surface area contributed by atoms with E-state index in [1.807, 2.05) is 13.1 Å². The molecule has 0 unspecified atom stereocenters. The van der Waals surface area contributed by atoms with Crippen molar-refractivity contribution in [2.24, 2.45) is 0 Å². The minimum atomic E-state index is -0.414. The predicted molar refractivity (Wildman–Crippen MR) is 128 cm³/mol. The molecule has 0 aliphatic carbocycles. The topological polar surface area (TPSA) is 125 Å². The Labute approximate surface area is 202 Å². The highest BCUT2D eigenvalue weighted by Crippen LogP contribution is 2.34. The first-order valence-corrected chi connectivity index (χ1v) is 11.7. The lowest BCUT2D eigenvalue weighted by Crippen LogP contribution is -2.37. The Balaban J connectivity index is 1.53. The molecule has 3 aromatic heterocycles. The van der Waals surface area contributed by atoms with Gasteiger partial charge in [-0.2, -0.15) is 9.97 Å². The van der Waals surface area contributed by atoms with Crippen molar-refractivity contribution in [3.8, 4) is 6.01 Å². The van der Waals surface area contributed by atoms with E-state index in [4.69, 9.17) is 9.47 Å². The maximum Gasteiger partial charge on any atom is 0.319 e. The van der Waals surface area contributed by atoms with Crippen molar-refractivity contribution in [2.75, 3.05) is 38.3 Å². The Morgan fingerprint density at radius 2 is 2.09 bits per heavy atom. The molecular weight excluding hydrogens is 455 g/mol. The molecule has 0 aromatic carbocycles. The van der Waals surface area contributed by atoms with Gasteiger partial charge in [-0.15, -0.1) is 0 Å². The second-order valence-corrected chi connectivity index (χ2v) is 8.89. The third-order valence-electron chi connectivity index (χ3n) is 6.07. The molecule has 1 aliphatic rings. The molecule has 1 amide bonds. The van der Waals surface area contributed by atoms with Crippen LogP contribution in [-0.2, 0) is 4.74 Å². The van der Waals surface area contributed by atoms with Crippen molar-refractivity contribution in [1.82, 2.24) is 25.3 Å². The second-order valence-electron chi connectivity index (χ2n) is 8.89. The van der Waals surface area contributed by atoms with Gasteiger partial charge in [0.1, 0.15) is 29.1 Å². The minimum absolute atomic E-state index is 0.0918. The van der Waals surface area contributed by atoms with Gasteiger partial charge in [-0.25, -0.2) is 9.37 Å². The van der Waals surface area contributed by atoms with E-state index in [0.717, 1.165) is 23.8 Å². The molecular formula is C24H31FN6O4. The molecule has 10 nitrogen and oxygen atoms in total. The van der Waals surface area contributed by atoms with Gasteiger partial charge in [0, 0.05) is 43.9 Å². The van der Waals surface area contributed by atoms with E-state index in [1.165, 1.54) is 12.3 Å². The number of ether oxygens (including phenoxy) is 2. The summed E-state index contributed by atoms with van der Waals surface area (Å²) in [6, 6.07) is 2.84. The van der Waals surface area contributed by atoms with Crippen LogP contribution in [0.15, 0.2) is 24.5 Å². The molecule has 1 aliphatic heterocycles. The zero-order valence-electron chi connectivity index (χ0n) is 20.1. The second kappa shape index (κ2) is 11.0. The average Bonchev–Trinajstić information content (AvgIpc) is 3.27. The summed E-state index contributed by atoms with van der Waals surface area (Å²) in [6.07, 6.45) is 4.47. The van der Waals surface area contributed by atoms with E-state index in [1.54, 1.807) is 20.1 Å². The Morgan fingerprint density at radius 1 is 1.31 bits per heavy atom. The van der Waals surface area contributed by atoms with Crippen LogP contribution in [0, 0.1) is 5.82 Å². The maximum absolute atomic E-state index is 13.8. The SMILES string of the molecule is COC[C@@H](C)Oc1nc(C(=O)N[C@H](C)CO)cc(N2CCC(c3c[nH]c4ncc(F)cc34)CC2)n1. The van der Waals surface area contributed by atoms with Crippen LogP contribution in [0.4, 0.5) is 10.2 Å². The lowest BCUT2D eigenvalue weighted by molar-refractivity contribution is 0.0839. The summed E-state index contributed by atoms with van der Waals surface area (Å²) in [6.45, 7) is 5.09. The van der Waals surface area contributed by atoms with E-state index in [0.29, 0.717) is 31.2 Å². The van der Waals surface area contributed by atoms with Crippen molar-refractivity contribution < 1.29 is 23.8 Å². The number of hydrogen-bond acceptors (Lipinski definition) is 8. The van der Waals surface area contributed by atoms with Gasteiger partial charge < -0.3 is 29.8 Å². The van der Waals surface area contributed by atoms with Crippen molar-refractivity contribution in [2.45, 2.75) is 44.8 Å². The van der Waals surface area contributed by atoms with Gasteiger partial charge >= 0.3 is 6.01 Å². The van der Waals surface area contributed by atoms with Crippen LogP contribution in [0.25, 0.3) is 11.0 Å². The number of aromatic amines is 1. The first-order chi connectivity index (χ1) is 16.9. The number of hydrogen-bond donors (Lipinski definition) is 3. The van der Waals surface area contributed by atoms with Gasteiger partial charge in [0.15, 0.2) is 0 Å². The molecule has 3 N–H and O–H groups in total. The summed E-state index contributed by atoms with van der Waals surface area (Å²) in [5.41, 5.74) is 1.90. The van der Waals surface area contributed by atoms with Gasteiger partial charge in [-0.1, -0.05) is 0 Å². The summed E-state index contributed by atoms with van der Waals surface area (Å²) < 4.78 is 24.7. The highest BCUT2D eigenvalue weighted by molar-refractivity contribution is 5.93. The van der Waals surface area contributed by atoms with Crippen LogP contribution in [0.5, 0.6) is 6.01 Å². The number of halogens is 1. The number of rotatable bonds is 9. The number of H-pyrrole nitrogens is 1. The molecule has 11 heteroatoms. The van der Waals surface area contributed by atoms with E-state index in [2.05, 4.69) is 30.2 Å². The number of pyridine rings is 1. The number of carbonyl (C=O) groups excluding carboxylic acids is 1. The molecule has 4 rings (SSSR count). The largest absolute Gasteiger partial charge is 0.458 e. The molecule has 3 aromatic rings. The Morgan fingerprint density at radius 3 is 2.80 bits per heavy atom. The fraction of sp³-hybridized carbons (Fsp3) is 0.500. The lowest BCUT2D eigenvalue weighted by Gasteiger charge is -2.33. The first-order valence-electron chi connectivity index (χ1n) is 11.7. The Bertz CT molecular complexity index is 1160. The third-order valence-corrected chi connectivity index (χ3v) is 6.07. The van der Waals surface area contributed by atoms with Gasteiger partial charge in [0.25, 0.3) is 5.91 Å². The average molecular weight is 487 g/mol. The number of methoxy groups -OCH3 is 1. The minimum Gasteiger partial charge on any atom is -0.458 e. The molecule has 1 fully saturated rings. The predicted octanol–water partition coefficient (Wildman–Crippen LogP) is 2.40. The number of aromatic nitrogens is 4. The van der Waals surface area contributed by atoms with E-state index < -0.39 is 11.9 Å². The molecule has 0 radical (unpaired) electrons. The molecule has 188 valence electrons. The van der Waals surface area contributed by atoms with Crippen LogP contribution in [0.2, 0.25) is 0 Å². The zero-order valence-corrected chi connectivity index (χ0v) is 20.1. The van der Waals surface area contributed by atoms with Crippen LogP contribution < -0.4 is 15.0 Å². The Kier molecular flexibility index (Phi) is 7.76. The molecule has 2 atom stereocenters. The van der Waals surface area contributed by atoms with Crippen molar-refractivity contribution in [3.05, 3.63) is 41.6 Å². The number of fused-ring (bicyclic) bond motifs is 1. The number of nitrogens with zero attached hydrogens (tertiary/aromatic N) is 4. The number of nitrogens with one attached hydrogen (secondary N) is 2. The van der Waals surface area contributed by atoms with Crippen molar-refractivity contribution in [1.29, 1.82) is 0 Å². The summed E-state index contributed by atoms with van der Waals surface area (Å²) in [5, 5.41) is 12.8. The van der Waals surface area contributed by atoms with Gasteiger partial charge in [-0.3, -0.25) is 4.79 Å². The molecule has 0 saturated carbocycles. The standard InChI is InChI=1S/C24H31FN6O4/c1-14(12-32)28-23(33)20-9-21(30-24(29-20)35-15(2)13-34-3)31-6-4-16(5-7-31)19-11-27-22-18(19)8-17(25)10-26-22/h8-11,14-16,32H,4-7,12-13H2,1-3H3,(H,26,27)(H,28,33)/t14-,15-/m1/s1. The quantitative estimate of drug-likeness (QED) is 0.421. The summed E-state index contributed by atoms with van der Waals surface area (Å²) >= 11 is 0. The summed E-state index contributed by atoms with van der Waals surface area (Å²) in [5.74, 6) is 0.0681. The van der Waals surface area contributed by atoms with Crippen molar-refractivity contribution in [3.63, 3.8) is 0 Å². The molecule has 0 bridgehead atoms. The summed E-state index contributed by atoms with van der Waals surface area (Å²) in [7, 11) is 1.58. The number of anilines is 1. The lowest BCUT2D eigenvalue weighted by atomic mass is 9.89. The molecule has 4 heterocycles. The number of amides is 1. The Hall–Kier alpha value is -3.31. The van der Waals surface area contributed by atoms with E-state index in [9.17, 15) is 14.3 Å². The van der Waals surface area contributed by atoms with Gasteiger partial charge in [-0.05, 0) is 44.2 Å². The monoisotopic (exact) mass is 486 g/mol. The fourth-order valence-electron chi connectivity index (χ4n) is 4.29. The number of carbonyl (C=O) groups is 1. The molecule has 1 saturated heterocycles. The molecule has 35 heavy (non-hydrogen) atoms. The van der Waals surface area contributed by atoms with Gasteiger partial charge in [0.05, 0.1) is 19.4 Å². The number of aliphatic hydroxyl groups excluding tert-OH is 1. The van der Waals surface area contributed by atoms with Crippen LogP contribution in [-0.4, -0.2) is 76.5 Å². The summed E-state index contributed by atoms with van der Waals surface area (Å²) in [4.78, 5) is 30.9. The smallest absolute Gasteiger partial charge is 0.319 e. The van der Waals surface area contributed by atoms with Crippen LogP contribution in [0.1, 0.15) is 48.7 Å². The molecule has 0 spiro atoms. The number of aliphatic hydroxyl groups is 1. The fourth-order valence-corrected chi connectivity index (χ4v) is 4.29. The third kappa shape index (κ3) is 5.85.